The minimum Gasteiger partial charge on any atom is -0.335 e. The molecule has 1 aromatic carbocycles. The number of hydrogen-bond acceptors (Lipinski definition) is 7. The fraction of sp³-hybridized carbons (Fsp3) is 0.111. The summed E-state index contributed by atoms with van der Waals surface area (Å²) in [6.45, 7) is 3.57. The van der Waals surface area contributed by atoms with E-state index in [-0.39, 0.29) is 17.6 Å². The maximum Gasteiger partial charge on any atom is 0.243 e. The van der Waals surface area contributed by atoms with Crippen LogP contribution in [-0.2, 0) is 4.79 Å². The molecule has 0 aliphatic carbocycles. The molecule has 0 saturated carbocycles. The van der Waals surface area contributed by atoms with Crippen LogP contribution < -0.4 is 10.9 Å². The van der Waals surface area contributed by atoms with E-state index >= 15 is 0 Å². The lowest BCUT2D eigenvalue weighted by Gasteiger charge is -2.19. The van der Waals surface area contributed by atoms with Gasteiger partial charge in [0, 0.05) is 41.2 Å². The van der Waals surface area contributed by atoms with Gasteiger partial charge in [-0.15, -0.1) is 0 Å². The monoisotopic (exact) mass is 507 g/mol. The van der Waals surface area contributed by atoms with Gasteiger partial charge in [-0.3, -0.25) is 19.9 Å². The Hall–Kier alpha value is -5.03. The van der Waals surface area contributed by atoms with Crippen molar-refractivity contribution in [3.8, 4) is 33.8 Å². The van der Waals surface area contributed by atoms with Gasteiger partial charge in [-0.05, 0) is 29.8 Å². The SMILES string of the molecule is CC(C)C(=O)N(N)c1cncc(-c2cnc3n[nH]c(-c4nc5c(-c6ccc(F)cc6)cncc5[nH]4)c3c2)c1. The molecule has 188 valence electrons. The van der Waals surface area contributed by atoms with Gasteiger partial charge < -0.3 is 4.98 Å². The normalized spacial score (nSPS) is 11.5. The lowest BCUT2D eigenvalue weighted by Crippen LogP contribution is -2.40. The average Bonchev–Trinajstić information content (AvgIpc) is 3.56. The number of H-pyrrole nitrogens is 2. The topological polar surface area (TPSA) is 142 Å². The number of hydrogen-bond donors (Lipinski definition) is 3. The smallest absolute Gasteiger partial charge is 0.243 e. The van der Waals surface area contributed by atoms with Crippen LogP contribution in [0.15, 0.2) is 67.4 Å². The third-order valence-electron chi connectivity index (χ3n) is 6.26. The summed E-state index contributed by atoms with van der Waals surface area (Å²) in [5.74, 6) is 5.82. The number of anilines is 1. The number of pyridine rings is 3. The van der Waals surface area contributed by atoms with Gasteiger partial charge in [0.05, 0.1) is 34.5 Å². The second kappa shape index (κ2) is 9.12. The first-order valence-corrected chi connectivity index (χ1v) is 11.9. The Morgan fingerprint density at radius 1 is 0.974 bits per heavy atom. The van der Waals surface area contributed by atoms with Crippen molar-refractivity contribution >= 4 is 33.7 Å². The number of halogens is 1. The number of rotatable bonds is 5. The Kier molecular flexibility index (Phi) is 5.61. The highest BCUT2D eigenvalue weighted by Crippen LogP contribution is 2.32. The van der Waals surface area contributed by atoms with Gasteiger partial charge >= 0.3 is 0 Å². The van der Waals surface area contributed by atoms with Crippen LogP contribution in [0.1, 0.15) is 13.8 Å². The molecule has 6 rings (SSSR count). The highest BCUT2D eigenvalue weighted by atomic mass is 19.1. The molecule has 1 amide bonds. The zero-order valence-electron chi connectivity index (χ0n) is 20.5. The fourth-order valence-electron chi connectivity index (χ4n) is 4.25. The first-order chi connectivity index (χ1) is 18.4. The van der Waals surface area contributed by atoms with Crippen molar-refractivity contribution in [3.05, 3.63) is 73.2 Å². The number of carbonyl (C=O) groups is 1. The predicted octanol–water partition coefficient (Wildman–Crippen LogP) is 4.63. The second-order valence-electron chi connectivity index (χ2n) is 9.16. The molecule has 38 heavy (non-hydrogen) atoms. The van der Waals surface area contributed by atoms with E-state index < -0.39 is 0 Å². The number of fused-ring (bicyclic) bond motifs is 2. The van der Waals surface area contributed by atoms with E-state index in [0.717, 1.165) is 38.2 Å². The van der Waals surface area contributed by atoms with E-state index in [1.54, 1.807) is 63.0 Å². The first kappa shape index (κ1) is 23.4. The fourth-order valence-corrected chi connectivity index (χ4v) is 4.25. The number of aromatic nitrogens is 7. The Morgan fingerprint density at radius 3 is 2.53 bits per heavy atom. The summed E-state index contributed by atoms with van der Waals surface area (Å²) in [7, 11) is 0. The minimum atomic E-state index is -0.310. The van der Waals surface area contributed by atoms with Crippen molar-refractivity contribution in [1.29, 1.82) is 0 Å². The number of benzene rings is 1. The van der Waals surface area contributed by atoms with Crippen molar-refractivity contribution in [3.63, 3.8) is 0 Å². The lowest BCUT2D eigenvalue weighted by molar-refractivity contribution is -0.121. The molecule has 5 heterocycles. The molecule has 0 aliphatic heterocycles. The third kappa shape index (κ3) is 4.04. The number of imidazole rings is 1. The number of aromatic amines is 2. The zero-order chi connectivity index (χ0) is 26.4. The molecule has 0 atom stereocenters. The van der Waals surface area contributed by atoms with Gasteiger partial charge in [-0.2, -0.15) is 5.10 Å². The van der Waals surface area contributed by atoms with Crippen LogP contribution in [0.2, 0.25) is 0 Å². The molecule has 6 aromatic rings. The van der Waals surface area contributed by atoms with Crippen molar-refractivity contribution < 1.29 is 9.18 Å². The van der Waals surface area contributed by atoms with Crippen LogP contribution in [-0.4, -0.2) is 41.0 Å². The summed E-state index contributed by atoms with van der Waals surface area (Å²) in [6.07, 6.45) is 8.31. The number of hydrazine groups is 1. The molecule has 0 spiro atoms. The Morgan fingerprint density at radius 2 is 1.74 bits per heavy atom. The molecule has 0 saturated heterocycles. The first-order valence-electron chi connectivity index (χ1n) is 11.9. The predicted molar refractivity (Wildman–Crippen MR) is 142 cm³/mol. The van der Waals surface area contributed by atoms with Crippen molar-refractivity contribution in [2.24, 2.45) is 11.8 Å². The molecule has 0 bridgehead atoms. The number of nitrogens with one attached hydrogen (secondary N) is 2. The molecule has 0 aliphatic rings. The number of nitrogens with two attached hydrogens (primary N) is 1. The third-order valence-corrected chi connectivity index (χ3v) is 6.26. The van der Waals surface area contributed by atoms with Gasteiger partial charge in [-0.25, -0.2) is 25.2 Å². The van der Waals surface area contributed by atoms with E-state index in [9.17, 15) is 9.18 Å². The highest BCUT2D eigenvalue weighted by Gasteiger charge is 2.18. The van der Waals surface area contributed by atoms with Crippen LogP contribution >= 0.6 is 0 Å². The summed E-state index contributed by atoms with van der Waals surface area (Å²) in [6, 6.07) is 9.92. The van der Waals surface area contributed by atoms with Crippen LogP contribution in [0.25, 0.3) is 55.8 Å². The van der Waals surface area contributed by atoms with E-state index in [1.807, 2.05) is 6.07 Å². The molecule has 0 unspecified atom stereocenters. The number of nitrogens with zero attached hydrogens (tertiary/aromatic N) is 6. The summed E-state index contributed by atoms with van der Waals surface area (Å²) in [4.78, 5) is 33.6. The lowest BCUT2D eigenvalue weighted by atomic mass is 10.1. The molecule has 10 nitrogen and oxygen atoms in total. The van der Waals surface area contributed by atoms with Gasteiger partial charge in [0.2, 0.25) is 5.91 Å². The van der Waals surface area contributed by atoms with Gasteiger partial charge in [-0.1, -0.05) is 26.0 Å². The zero-order valence-corrected chi connectivity index (χ0v) is 20.5. The molecule has 11 heteroatoms. The standard InChI is InChI=1S/C27H22FN9O/c1-14(2)27(38)37(29)19-7-16(9-30-11-19)17-8-20-24(35-36-25(20)32-10-17)26-33-22-13-31-12-21(23(22)34-26)15-3-5-18(28)6-4-15/h3-14H,29H2,1-2H3,(H,33,34)(H,32,35,36). The molecule has 0 fully saturated rings. The molecular formula is C27H22FN9O. The van der Waals surface area contributed by atoms with Crippen LogP contribution in [0.3, 0.4) is 0 Å². The van der Waals surface area contributed by atoms with Crippen LogP contribution in [0.4, 0.5) is 10.1 Å². The Bertz CT molecular complexity index is 1810. The van der Waals surface area contributed by atoms with Gasteiger partial charge in [0.1, 0.15) is 11.5 Å². The van der Waals surface area contributed by atoms with Crippen LogP contribution in [0, 0.1) is 11.7 Å². The second-order valence-corrected chi connectivity index (χ2v) is 9.16. The molecule has 0 radical (unpaired) electrons. The minimum absolute atomic E-state index is 0.214. The van der Waals surface area contributed by atoms with Crippen LogP contribution in [0.5, 0.6) is 0 Å². The van der Waals surface area contributed by atoms with E-state index in [2.05, 4.69) is 30.1 Å². The van der Waals surface area contributed by atoms with Crippen molar-refractivity contribution in [2.45, 2.75) is 13.8 Å². The average molecular weight is 508 g/mol. The van der Waals surface area contributed by atoms with E-state index in [4.69, 9.17) is 10.8 Å². The largest absolute Gasteiger partial charge is 0.335 e. The number of carbonyl (C=O) groups excluding carboxylic acids is 1. The van der Waals surface area contributed by atoms with Gasteiger partial charge in [0.15, 0.2) is 11.5 Å². The maximum atomic E-state index is 13.5. The van der Waals surface area contributed by atoms with E-state index in [1.165, 1.54) is 12.1 Å². The number of amides is 1. The summed E-state index contributed by atoms with van der Waals surface area (Å²) >= 11 is 0. The Labute approximate surface area is 215 Å². The van der Waals surface area contributed by atoms with Crippen molar-refractivity contribution in [1.82, 2.24) is 35.1 Å². The summed E-state index contributed by atoms with van der Waals surface area (Å²) in [5, 5.41) is 9.22. The van der Waals surface area contributed by atoms with E-state index in [0.29, 0.717) is 28.4 Å². The summed E-state index contributed by atoms with van der Waals surface area (Å²) < 4.78 is 13.5. The quantitative estimate of drug-likeness (QED) is 0.175. The van der Waals surface area contributed by atoms with Gasteiger partial charge in [0.25, 0.3) is 0 Å². The highest BCUT2D eigenvalue weighted by molar-refractivity contribution is 5.97. The maximum absolute atomic E-state index is 13.5. The van der Waals surface area contributed by atoms with Crippen molar-refractivity contribution in [2.75, 3.05) is 5.01 Å². The Balaban J connectivity index is 1.41. The molecule has 4 N–H and O–H groups in total. The molecular weight excluding hydrogens is 485 g/mol. The molecule has 5 aromatic heterocycles. The summed E-state index contributed by atoms with van der Waals surface area (Å²) in [5.41, 5.74) is 6.15.